The third-order valence-corrected chi connectivity index (χ3v) is 2.71. The fraction of sp³-hybridized carbons (Fsp3) is 0.538. The molecule has 0 atom stereocenters. The minimum absolute atomic E-state index is 0.590. The average Bonchev–Trinajstić information content (AvgIpc) is 2.18. The lowest BCUT2D eigenvalue weighted by Gasteiger charge is -2.22. The van der Waals surface area contributed by atoms with Crippen LogP contribution >= 0.6 is 0 Å². The molecule has 0 aliphatic rings. The van der Waals surface area contributed by atoms with Crippen LogP contribution in [0.3, 0.4) is 0 Å². The summed E-state index contributed by atoms with van der Waals surface area (Å²) in [5.74, 6) is 0.590. The first kappa shape index (κ1) is 12.1. The Hall–Kier alpha value is -1.02. The van der Waals surface area contributed by atoms with Crippen molar-refractivity contribution >= 4 is 5.69 Å². The maximum Gasteiger partial charge on any atom is 0.0676 e. The first-order valence-corrected chi connectivity index (χ1v) is 5.52. The number of rotatable bonds is 4. The zero-order valence-electron chi connectivity index (χ0n) is 10.5. The number of nitrogens with one attached hydrogen (secondary N) is 1. The molecule has 0 aliphatic heterocycles. The second-order valence-corrected chi connectivity index (χ2v) is 4.41. The molecule has 0 spiro atoms. The van der Waals surface area contributed by atoms with Crippen molar-refractivity contribution in [1.29, 1.82) is 0 Å². The van der Waals surface area contributed by atoms with E-state index < -0.39 is 0 Å². The second kappa shape index (κ2) is 5.17. The molecule has 0 amide bonds. The molecule has 2 nitrogen and oxygen atoms in total. The second-order valence-electron chi connectivity index (χ2n) is 4.41. The van der Waals surface area contributed by atoms with Crippen LogP contribution in [0.25, 0.3) is 0 Å². The van der Waals surface area contributed by atoms with Crippen LogP contribution in [0, 0.1) is 6.92 Å². The van der Waals surface area contributed by atoms with Crippen molar-refractivity contribution in [3.8, 4) is 0 Å². The van der Waals surface area contributed by atoms with Gasteiger partial charge < -0.3 is 10.2 Å². The fourth-order valence-corrected chi connectivity index (χ4v) is 1.72. The molecule has 2 heteroatoms. The van der Waals surface area contributed by atoms with Crippen molar-refractivity contribution in [3.05, 3.63) is 29.3 Å². The first-order valence-electron chi connectivity index (χ1n) is 5.52. The summed E-state index contributed by atoms with van der Waals surface area (Å²) >= 11 is 0. The van der Waals surface area contributed by atoms with Crippen LogP contribution in [-0.2, 0) is 0 Å². The van der Waals surface area contributed by atoms with Crippen LogP contribution in [0.1, 0.15) is 30.9 Å². The van der Waals surface area contributed by atoms with E-state index in [4.69, 9.17) is 0 Å². The highest BCUT2D eigenvalue weighted by molar-refractivity contribution is 5.54. The summed E-state index contributed by atoms with van der Waals surface area (Å²) in [6.45, 7) is 7.49. The van der Waals surface area contributed by atoms with E-state index in [-0.39, 0.29) is 0 Å². The van der Waals surface area contributed by atoms with Crippen molar-refractivity contribution in [2.45, 2.75) is 26.7 Å². The van der Waals surface area contributed by atoms with Gasteiger partial charge in [-0.05, 0) is 37.1 Å². The largest absolute Gasteiger partial charge is 0.362 e. The van der Waals surface area contributed by atoms with E-state index in [9.17, 15) is 0 Å². The lowest BCUT2D eigenvalue weighted by molar-refractivity contribution is 0.772. The minimum Gasteiger partial charge on any atom is -0.362 e. The van der Waals surface area contributed by atoms with Crippen LogP contribution in [0.5, 0.6) is 0 Å². The maximum absolute atomic E-state index is 3.17. The monoisotopic (exact) mass is 206 g/mol. The molecule has 1 N–H and O–H groups in total. The van der Waals surface area contributed by atoms with Gasteiger partial charge in [0.2, 0.25) is 0 Å². The molecule has 1 rings (SSSR count). The zero-order valence-corrected chi connectivity index (χ0v) is 10.5. The molecule has 84 valence electrons. The van der Waals surface area contributed by atoms with Crippen molar-refractivity contribution in [1.82, 2.24) is 5.32 Å². The van der Waals surface area contributed by atoms with Crippen LogP contribution in [0.4, 0.5) is 5.69 Å². The maximum atomic E-state index is 3.17. The van der Waals surface area contributed by atoms with E-state index in [1.165, 1.54) is 16.8 Å². The van der Waals surface area contributed by atoms with Gasteiger partial charge in [-0.15, -0.1) is 0 Å². The summed E-state index contributed by atoms with van der Waals surface area (Å²) in [6.07, 6.45) is 0. The van der Waals surface area contributed by atoms with E-state index in [1.54, 1.807) is 0 Å². The fourth-order valence-electron chi connectivity index (χ4n) is 1.72. The summed E-state index contributed by atoms with van der Waals surface area (Å²) in [5, 5.41) is 3.17. The molecule has 0 radical (unpaired) electrons. The molecule has 0 heterocycles. The Labute approximate surface area is 93.3 Å². The molecule has 0 aliphatic carbocycles. The molecule has 0 fully saturated rings. The highest BCUT2D eigenvalue weighted by Gasteiger charge is 2.06. The van der Waals surface area contributed by atoms with E-state index in [1.807, 2.05) is 7.05 Å². The predicted octanol–water partition coefficient (Wildman–Crippen LogP) is 2.73. The van der Waals surface area contributed by atoms with Crippen LogP contribution in [0.15, 0.2) is 18.2 Å². The highest BCUT2D eigenvalue weighted by Crippen LogP contribution is 2.24. The van der Waals surface area contributed by atoms with Crippen LogP contribution in [0.2, 0.25) is 0 Å². The Morgan fingerprint density at radius 3 is 2.53 bits per heavy atom. The van der Waals surface area contributed by atoms with E-state index in [2.05, 4.69) is 56.2 Å². The summed E-state index contributed by atoms with van der Waals surface area (Å²) in [7, 11) is 4.08. The van der Waals surface area contributed by atoms with Crippen LogP contribution in [-0.4, -0.2) is 20.8 Å². The lowest BCUT2D eigenvalue weighted by atomic mass is 10.0. The highest BCUT2D eigenvalue weighted by atomic mass is 15.2. The number of hydrogen-bond donors (Lipinski definition) is 1. The topological polar surface area (TPSA) is 15.3 Å². The van der Waals surface area contributed by atoms with Gasteiger partial charge in [0.1, 0.15) is 0 Å². The Bertz CT molecular complexity index is 318. The summed E-state index contributed by atoms with van der Waals surface area (Å²) in [4.78, 5) is 2.24. The van der Waals surface area contributed by atoms with Gasteiger partial charge in [-0.3, -0.25) is 0 Å². The smallest absolute Gasteiger partial charge is 0.0676 e. The number of hydrogen-bond acceptors (Lipinski definition) is 2. The third-order valence-electron chi connectivity index (χ3n) is 2.71. The van der Waals surface area contributed by atoms with Crippen molar-refractivity contribution < 1.29 is 0 Å². The summed E-state index contributed by atoms with van der Waals surface area (Å²) in [5.41, 5.74) is 4.05. The molecule has 1 aromatic carbocycles. The van der Waals surface area contributed by atoms with Gasteiger partial charge in [0.05, 0.1) is 6.67 Å². The molecule has 0 bridgehead atoms. The standard InChI is InChI=1S/C13H22N2/c1-10(2)12-7-6-11(3)13(8-12)15(5)9-14-4/h6-8,10,14H,9H2,1-5H3. The lowest BCUT2D eigenvalue weighted by Crippen LogP contribution is -2.28. The number of benzene rings is 1. The van der Waals surface area contributed by atoms with Crippen molar-refractivity contribution in [2.75, 3.05) is 25.7 Å². The van der Waals surface area contributed by atoms with Gasteiger partial charge >= 0.3 is 0 Å². The van der Waals surface area contributed by atoms with Gasteiger partial charge in [-0.25, -0.2) is 0 Å². The molecule has 0 saturated heterocycles. The quantitative estimate of drug-likeness (QED) is 0.762. The van der Waals surface area contributed by atoms with Gasteiger partial charge in [0, 0.05) is 12.7 Å². The number of aryl methyl sites for hydroxylation is 1. The summed E-state index contributed by atoms with van der Waals surface area (Å²) in [6, 6.07) is 6.71. The van der Waals surface area contributed by atoms with Gasteiger partial charge in [-0.2, -0.15) is 0 Å². The molecular formula is C13H22N2. The first-order chi connectivity index (χ1) is 7.06. The third kappa shape index (κ3) is 2.96. The molecule has 0 aromatic heterocycles. The number of nitrogens with zero attached hydrogens (tertiary/aromatic N) is 1. The van der Waals surface area contributed by atoms with Crippen molar-refractivity contribution in [3.63, 3.8) is 0 Å². The van der Waals surface area contributed by atoms with Crippen LogP contribution < -0.4 is 10.2 Å². The van der Waals surface area contributed by atoms with E-state index in [0.29, 0.717) is 5.92 Å². The molecular weight excluding hydrogens is 184 g/mol. The average molecular weight is 206 g/mol. The summed E-state index contributed by atoms with van der Waals surface area (Å²) < 4.78 is 0. The number of anilines is 1. The Kier molecular flexibility index (Phi) is 4.15. The van der Waals surface area contributed by atoms with Gasteiger partial charge in [0.25, 0.3) is 0 Å². The van der Waals surface area contributed by atoms with E-state index >= 15 is 0 Å². The predicted molar refractivity (Wildman–Crippen MR) is 67.6 cm³/mol. The molecule has 0 saturated carbocycles. The normalized spacial score (nSPS) is 10.8. The zero-order chi connectivity index (χ0) is 11.4. The Morgan fingerprint density at radius 1 is 1.33 bits per heavy atom. The molecule has 15 heavy (non-hydrogen) atoms. The Balaban J connectivity index is 2.99. The molecule has 1 aromatic rings. The molecule has 0 unspecified atom stereocenters. The van der Waals surface area contributed by atoms with Crippen molar-refractivity contribution in [2.24, 2.45) is 0 Å². The Morgan fingerprint density at radius 2 is 2.00 bits per heavy atom. The van der Waals surface area contributed by atoms with Gasteiger partial charge in [0.15, 0.2) is 0 Å². The van der Waals surface area contributed by atoms with E-state index in [0.717, 1.165) is 6.67 Å². The SMILES string of the molecule is CNCN(C)c1cc(C(C)C)ccc1C. The minimum atomic E-state index is 0.590. The van der Waals surface area contributed by atoms with Gasteiger partial charge in [-0.1, -0.05) is 26.0 Å².